The summed E-state index contributed by atoms with van der Waals surface area (Å²) in [7, 11) is 0. The van der Waals surface area contributed by atoms with Crippen LogP contribution in [0.1, 0.15) is 37.7 Å². The minimum atomic E-state index is 0.346. The Hall–Kier alpha value is -1.15. The molecule has 102 valence electrons. The Morgan fingerprint density at radius 1 is 1.11 bits per heavy atom. The second kappa shape index (κ2) is 5.87. The van der Waals surface area contributed by atoms with Gasteiger partial charge in [-0.05, 0) is 44.2 Å². The summed E-state index contributed by atoms with van der Waals surface area (Å²) in [5.41, 5.74) is 1.41. The van der Waals surface area contributed by atoms with Crippen molar-refractivity contribution in [3.8, 4) is 0 Å². The van der Waals surface area contributed by atoms with E-state index in [1.54, 1.807) is 0 Å². The number of hydrogen-bond donors (Lipinski definition) is 0. The fourth-order valence-electron chi connectivity index (χ4n) is 3.75. The molecule has 1 heterocycles. The van der Waals surface area contributed by atoms with E-state index in [1.807, 2.05) is 0 Å². The topological polar surface area (TPSA) is 20.3 Å². The number of benzene rings is 1. The van der Waals surface area contributed by atoms with Gasteiger partial charge in [-0.2, -0.15) is 0 Å². The maximum absolute atomic E-state index is 12.0. The van der Waals surface area contributed by atoms with E-state index in [2.05, 4.69) is 35.2 Å². The Morgan fingerprint density at radius 2 is 1.95 bits per heavy atom. The predicted octanol–water partition coefficient (Wildman–Crippen LogP) is 3.06. The molecule has 1 aromatic rings. The van der Waals surface area contributed by atoms with Gasteiger partial charge in [0.1, 0.15) is 5.78 Å². The molecule has 0 amide bonds. The summed E-state index contributed by atoms with van der Waals surface area (Å²) in [6, 6.07) is 11.2. The van der Waals surface area contributed by atoms with Crippen molar-refractivity contribution in [3.05, 3.63) is 35.9 Å². The van der Waals surface area contributed by atoms with Gasteiger partial charge in [0.05, 0.1) is 0 Å². The average Bonchev–Trinajstić information content (AvgIpc) is 3.05. The zero-order chi connectivity index (χ0) is 13.1. The maximum atomic E-state index is 12.0. The molecule has 2 heteroatoms. The van der Waals surface area contributed by atoms with E-state index in [1.165, 1.54) is 24.9 Å². The molecule has 19 heavy (non-hydrogen) atoms. The maximum Gasteiger partial charge on any atom is 0.137 e. The number of carbonyl (C=O) groups excluding carboxylic acids is 1. The number of hydrogen-bond acceptors (Lipinski definition) is 2. The fraction of sp³-hybridized carbons (Fsp3) is 0.588. The van der Waals surface area contributed by atoms with Gasteiger partial charge < -0.3 is 0 Å². The molecule has 0 radical (unpaired) electrons. The monoisotopic (exact) mass is 257 g/mol. The van der Waals surface area contributed by atoms with Crippen LogP contribution in [0.2, 0.25) is 0 Å². The van der Waals surface area contributed by atoms with Gasteiger partial charge in [0.15, 0.2) is 0 Å². The first kappa shape index (κ1) is 12.9. The van der Waals surface area contributed by atoms with Crippen molar-refractivity contribution in [3.63, 3.8) is 0 Å². The molecule has 2 aliphatic rings. The van der Waals surface area contributed by atoms with Gasteiger partial charge in [-0.1, -0.05) is 30.3 Å². The van der Waals surface area contributed by atoms with Gasteiger partial charge in [0, 0.05) is 24.9 Å². The predicted molar refractivity (Wildman–Crippen MR) is 77.1 cm³/mol. The standard InChI is InChI=1S/C17H23NO/c19-17-10-4-8-15(17)16-9-5-12-18(16)13-11-14-6-2-1-3-7-14/h1-3,6-7,15-16H,4-5,8-13H2. The van der Waals surface area contributed by atoms with E-state index in [4.69, 9.17) is 0 Å². The van der Waals surface area contributed by atoms with Gasteiger partial charge >= 0.3 is 0 Å². The lowest BCUT2D eigenvalue weighted by Gasteiger charge is -2.28. The highest BCUT2D eigenvalue weighted by Gasteiger charge is 2.37. The quantitative estimate of drug-likeness (QED) is 0.826. The lowest BCUT2D eigenvalue weighted by molar-refractivity contribution is -0.122. The lowest BCUT2D eigenvalue weighted by Crippen LogP contribution is -2.38. The molecule has 1 saturated carbocycles. The van der Waals surface area contributed by atoms with Gasteiger partial charge in [-0.3, -0.25) is 9.69 Å². The molecule has 0 aromatic heterocycles. The largest absolute Gasteiger partial charge is 0.299 e. The van der Waals surface area contributed by atoms with Crippen LogP contribution < -0.4 is 0 Å². The molecule has 1 saturated heterocycles. The summed E-state index contributed by atoms with van der Waals surface area (Å²) in [5, 5.41) is 0. The van der Waals surface area contributed by atoms with Crippen molar-refractivity contribution in [2.24, 2.45) is 5.92 Å². The summed E-state index contributed by atoms with van der Waals surface area (Å²) < 4.78 is 0. The smallest absolute Gasteiger partial charge is 0.137 e. The van der Waals surface area contributed by atoms with Crippen LogP contribution in [0.4, 0.5) is 0 Å². The Bertz CT molecular complexity index is 428. The van der Waals surface area contributed by atoms with E-state index >= 15 is 0 Å². The van der Waals surface area contributed by atoms with E-state index < -0.39 is 0 Å². The van der Waals surface area contributed by atoms with Gasteiger partial charge in [-0.15, -0.1) is 0 Å². The van der Waals surface area contributed by atoms with E-state index in [0.29, 0.717) is 17.7 Å². The second-order valence-corrected chi connectivity index (χ2v) is 5.95. The Labute approximate surface area is 115 Å². The summed E-state index contributed by atoms with van der Waals surface area (Å²) in [6.45, 7) is 2.29. The summed E-state index contributed by atoms with van der Waals surface area (Å²) in [6.07, 6.45) is 6.68. The number of carbonyl (C=O) groups is 1. The third-order valence-corrected chi connectivity index (χ3v) is 4.76. The third-order valence-electron chi connectivity index (χ3n) is 4.76. The first-order chi connectivity index (χ1) is 9.34. The molecule has 3 rings (SSSR count). The highest BCUT2D eigenvalue weighted by atomic mass is 16.1. The molecule has 1 aliphatic heterocycles. The number of ketones is 1. The lowest BCUT2D eigenvalue weighted by atomic mass is 9.95. The van der Waals surface area contributed by atoms with Crippen LogP contribution in [0.3, 0.4) is 0 Å². The minimum absolute atomic E-state index is 0.346. The molecule has 0 bridgehead atoms. The average molecular weight is 257 g/mol. The molecule has 2 atom stereocenters. The van der Waals surface area contributed by atoms with Crippen molar-refractivity contribution in [1.29, 1.82) is 0 Å². The summed E-state index contributed by atoms with van der Waals surface area (Å²) >= 11 is 0. The fourth-order valence-corrected chi connectivity index (χ4v) is 3.75. The van der Waals surface area contributed by atoms with Gasteiger partial charge in [0.2, 0.25) is 0 Å². The Morgan fingerprint density at radius 3 is 2.68 bits per heavy atom. The molecular formula is C17H23NO. The number of rotatable bonds is 4. The molecule has 2 unspecified atom stereocenters. The third kappa shape index (κ3) is 2.89. The van der Waals surface area contributed by atoms with Crippen LogP contribution in [0.25, 0.3) is 0 Å². The van der Waals surface area contributed by atoms with E-state index in [9.17, 15) is 4.79 Å². The molecule has 2 fully saturated rings. The summed E-state index contributed by atoms with van der Waals surface area (Å²) in [4.78, 5) is 14.5. The van der Waals surface area contributed by atoms with Crippen molar-refractivity contribution in [1.82, 2.24) is 4.90 Å². The minimum Gasteiger partial charge on any atom is -0.299 e. The van der Waals surface area contributed by atoms with Crippen molar-refractivity contribution < 1.29 is 4.79 Å². The Balaban J connectivity index is 1.59. The van der Waals surface area contributed by atoms with Crippen LogP contribution in [-0.2, 0) is 11.2 Å². The van der Waals surface area contributed by atoms with Crippen LogP contribution in [0.5, 0.6) is 0 Å². The number of likely N-dealkylation sites (tertiary alicyclic amines) is 1. The molecule has 2 nitrogen and oxygen atoms in total. The van der Waals surface area contributed by atoms with E-state index in [-0.39, 0.29) is 0 Å². The van der Waals surface area contributed by atoms with Crippen LogP contribution in [-0.4, -0.2) is 29.8 Å². The SMILES string of the molecule is O=C1CCCC1C1CCCN1CCc1ccccc1. The van der Waals surface area contributed by atoms with Crippen molar-refractivity contribution in [2.45, 2.75) is 44.6 Å². The first-order valence-electron chi connectivity index (χ1n) is 7.65. The van der Waals surface area contributed by atoms with Gasteiger partial charge in [0.25, 0.3) is 0 Å². The first-order valence-corrected chi connectivity index (χ1v) is 7.65. The zero-order valence-electron chi connectivity index (χ0n) is 11.6. The molecule has 0 N–H and O–H groups in total. The zero-order valence-corrected chi connectivity index (χ0v) is 11.6. The highest BCUT2D eigenvalue weighted by molar-refractivity contribution is 5.83. The van der Waals surface area contributed by atoms with Gasteiger partial charge in [-0.25, -0.2) is 0 Å². The van der Waals surface area contributed by atoms with Crippen molar-refractivity contribution in [2.75, 3.05) is 13.1 Å². The Kier molecular flexibility index (Phi) is 3.97. The van der Waals surface area contributed by atoms with E-state index in [0.717, 1.165) is 32.2 Å². The second-order valence-electron chi connectivity index (χ2n) is 5.95. The number of nitrogens with zero attached hydrogens (tertiary/aromatic N) is 1. The molecule has 1 aromatic carbocycles. The van der Waals surface area contributed by atoms with Crippen LogP contribution in [0.15, 0.2) is 30.3 Å². The molecule has 0 spiro atoms. The highest BCUT2D eigenvalue weighted by Crippen LogP contribution is 2.33. The summed E-state index contributed by atoms with van der Waals surface area (Å²) in [5.74, 6) is 0.870. The normalized spacial score (nSPS) is 28.1. The molecular weight excluding hydrogens is 234 g/mol. The van der Waals surface area contributed by atoms with Crippen molar-refractivity contribution >= 4 is 5.78 Å². The molecule has 1 aliphatic carbocycles. The van der Waals surface area contributed by atoms with Crippen LogP contribution in [0, 0.1) is 5.92 Å². The number of Topliss-reactive ketones (excluding diaryl/α,β-unsaturated/α-hetero) is 1. The van der Waals surface area contributed by atoms with Crippen LogP contribution >= 0.6 is 0 Å².